The predicted molar refractivity (Wildman–Crippen MR) is 125 cm³/mol. The van der Waals surface area contributed by atoms with E-state index in [1.807, 2.05) is 24.3 Å². The van der Waals surface area contributed by atoms with E-state index in [9.17, 15) is 14.0 Å². The molecule has 4 rings (SSSR count). The Hall–Kier alpha value is -4.13. The molecule has 0 atom stereocenters. The van der Waals surface area contributed by atoms with E-state index in [1.54, 1.807) is 44.6 Å². The van der Waals surface area contributed by atoms with Gasteiger partial charge in [-0.25, -0.2) is 4.39 Å². The summed E-state index contributed by atoms with van der Waals surface area (Å²) in [5, 5.41) is 3.05. The zero-order chi connectivity index (χ0) is 24.0. The maximum atomic E-state index is 14.0. The van der Waals surface area contributed by atoms with Crippen molar-refractivity contribution < 1.29 is 32.9 Å². The first-order chi connectivity index (χ1) is 16.1. The fraction of sp³-hybridized carbons (Fsp3) is 0.154. The van der Waals surface area contributed by atoms with Crippen molar-refractivity contribution >= 4 is 34.1 Å². The highest BCUT2D eigenvalue weighted by Gasteiger charge is 2.20. The number of hydrogen-bond donors (Lipinski definition) is 0. The predicted octanol–water partition coefficient (Wildman–Crippen LogP) is 5.48. The van der Waals surface area contributed by atoms with Crippen LogP contribution in [0.15, 0.2) is 54.6 Å². The lowest BCUT2D eigenvalue weighted by Gasteiger charge is -2.13. The van der Waals surface area contributed by atoms with E-state index < -0.39 is 5.82 Å². The lowest BCUT2D eigenvalue weighted by molar-refractivity contribution is 0.111. The second-order valence-corrected chi connectivity index (χ2v) is 6.82. The van der Waals surface area contributed by atoms with Gasteiger partial charge in [-0.1, -0.05) is 48.5 Å². The summed E-state index contributed by atoms with van der Waals surface area (Å²) in [4.78, 5) is 21.9. The zero-order valence-electron chi connectivity index (χ0n) is 18.7. The SMILES string of the molecule is COc1c(F)c(C=O)c(OC)c2ccccc12.COc1cc(C=O)c(OC)c2ccccc12. The zero-order valence-corrected chi connectivity index (χ0v) is 18.7. The number of fused-ring (bicyclic) bond motifs is 2. The minimum absolute atomic E-state index is 0.0588. The number of benzene rings is 4. The standard InChI is InChI=1S/C13H11FO3.C13H12O3/c1-16-12-8-5-3-4-6-9(8)13(17-2)11(14)10(12)7-15;1-15-12-7-9(8-14)13(16-2)11-6-4-3-5-10(11)12/h3-7H,1-2H3;3-8H,1-2H3. The van der Waals surface area contributed by atoms with E-state index in [1.165, 1.54) is 14.2 Å². The van der Waals surface area contributed by atoms with Gasteiger partial charge in [0, 0.05) is 21.5 Å². The van der Waals surface area contributed by atoms with Gasteiger partial charge in [0.05, 0.1) is 39.6 Å². The molecule has 0 radical (unpaired) electrons. The number of hydrogen-bond acceptors (Lipinski definition) is 6. The molecule has 0 unspecified atom stereocenters. The molecule has 0 spiro atoms. The average Bonchev–Trinajstić information content (AvgIpc) is 2.87. The molecular weight excluding hydrogens is 427 g/mol. The second-order valence-electron chi connectivity index (χ2n) is 6.82. The van der Waals surface area contributed by atoms with Gasteiger partial charge >= 0.3 is 0 Å². The highest BCUT2D eigenvalue weighted by molar-refractivity contribution is 6.01. The summed E-state index contributed by atoms with van der Waals surface area (Å²) in [5.41, 5.74) is 0.376. The molecule has 0 aromatic heterocycles. The summed E-state index contributed by atoms with van der Waals surface area (Å²) < 4.78 is 34.6. The van der Waals surface area contributed by atoms with E-state index in [0.717, 1.165) is 17.1 Å². The van der Waals surface area contributed by atoms with Crippen LogP contribution in [0, 0.1) is 5.82 Å². The van der Waals surface area contributed by atoms with E-state index in [2.05, 4.69) is 0 Å². The maximum absolute atomic E-state index is 14.0. The molecule has 7 heteroatoms. The molecule has 0 N–H and O–H groups in total. The fourth-order valence-corrected chi connectivity index (χ4v) is 3.71. The van der Waals surface area contributed by atoms with Gasteiger partial charge < -0.3 is 18.9 Å². The maximum Gasteiger partial charge on any atom is 0.179 e. The van der Waals surface area contributed by atoms with Crippen LogP contribution >= 0.6 is 0 Å². The summed E-state index contributed by atoms with van der Waals surface area (Å²) in [6.45, 7) is 0. The Kier molecular flexibility index (Phi) is 7.46. The normalized spacial score (nSPS) is 10.2. The average molecular weight is 450 g/mol. The molecule has 4 aromatic rings. The molecule has 4 aromatic carbocycles. The molecule has 0 aliphatic carbocycles. The third-order valence-electron chi connectivity index (χ3n) is 5.16. The Morgan fingerprint density at radius 2 is 1.12 bits per heavy atom. The van der Waals surface area contributed by atoms with Gasteiger partial charge in [-0.05, 0) is 6.07 Å². The Labute approximate surface area is 190 Å². The lowest BCUT2D eigenvalue weighted by Crippen LogP contribution is -2.00. The van der Waals surface area contributed by atoms with Crippen molar-refractivity contribution in [2.24, 2.45) is 0 Å². The molecular formula is C26H23FO6. The summed E-state index contributed by atoms with van der Waals surface area (Å²) >= 11 is 0. The van der Waals surface area contributed by atoms with Crippen LogP contribution in [0.1, 0.15) is 20.7 Å². The third kappa shape index (κ3) is 4.30. The van der Waals surface area contributed by atoms with Gasteiger partial charge in [0.1, 0.15) is 17.2 Å². The first kappa shape index (κ1) is 23.5. The fourth-order valence-electron chi connectivity index (χ4n) is 3.71. The van der Waals surface area contributed by atoms with Gasteiger partial charge in [0.25, 0.3) is 0 Å². The van der Waals surface area contributed by atoms with Crippen LogP contribution in [0.2, 0.25) is 0 Å². The highest BCUT2D eigenvalue weighted by Crippen LogP contribution is 2.39. The third-order valence-corrected chi connectivity index (χ3v) is 5.16. The lowest BCUT2D eigenvalue weighted by atomic mass is 10.0. The second kappa shape index (κ2) is 10.5. The number of methoxy groups -OCH3 is 4. The Balaban J connectivity index is 0.000000186. The Morgan fingerprint density at radius 3 is 1.58 bits per heavy atom. The van der Waals surface area contributed by atoms with Crippen molar-refractivity contribution in [2.75, 3.05) is 28.4 Å². The van der Waals surface area contributed by atoms with E-state index in [-0.39, 0.29) is 17.1 Å². The molecule has 0 fully saturated rings. The first-order valence-corrected chi connectivity index (χ1v) is 9.92. The Bertz CT molecular complexity index is 1320. The molecule has 0 saturated heterocycles. The van der Waals surface area contributed by atoms with Crippen molar-refractivity contribution in [1.29, 1.82) is 0 Å². The molecule has 0 amide bonds. The Morgan fingerprint density at radius 1 is 0.636 bits per heavy atom. The van der Waals surface area contributed by atoms with Crippen LogP contribution in [0.5, 0.6) is 23.0 Å². The molecule has 0 heterocycles. The highest BCUT2D eigenvalue weighted by atomic mass is 19.1. The van der Waals surface area contributed by atoms with Gasteiger partial charge in [-0.15, -0.1) is 0 Å². The smallest absolute Gasteiger partial charge is 0.179 e. The number of carbonyl (C=O) groups excluding carboxylic acids is 2. The summed E-state index contributed by atoms with van der Waals surface area (Å²) in [7, 11) is 5.91. The number of ether oxygens (including phenoxy) is 4. The van der Waals surface area contributed by atoms with Crippen LogP contribution in [-0.4, -0.2) is 41.0 Å². The first-order valence-electron chi connectivity index (χ1n) is 9.92. The number of halogens is 1. The topological polar surface area (TPSA) is 71.1 Å². The molecule has 33 heavy (non-hydrogen) atoms. The van der Waals surface area contributed by atoms with Gasteiger partial charge in [-0.3, -0.25) is 9.59 Å². The molecule has 0 aliphatic heterocycles. The van der Waals surface area contributed by atoms with Crippen LogP contribution in [-0.2, 0) is 0 Å². The largest absolute Gasteiger partial charge is 0.496 e. The van der Waals surface area contributed by atoms with E-state index in [4.69, 9.17) is 18.9 Å². The molecule has 0 bridgehead atoms. The van der Waals surface area contributed by atoms with Crippen LogP contribution in [0.3, 0.4) is 0 Å². The molecule has 170 valence electrons. The number of rotatable bonds is 6. The molecule has 0 saturated carbocycles. The van der Waals surface area contributed by atoms with Crippen LogP contribution < -0.4 is 18.9 Å². The molecule has 0 aliphatic rings. The minimum Gasteiger partial charge on any atom is -0.496 e. The van der Waals surface area contributed by atoms with Crippen LogP contribution in [0.4, 0.5) is 4.39 Å². The van der Waals surface area contributed by atoms with Crippen molar-refractivity contribution in [3.8, 4) is 23.0 Å². The van der Waals surface area contributed by atoms with E-state index in [0.29, 0.717) is 34.1 Å². The number of aldehydes is 2. The van der Waals surface area contributed by atoms with Gasteiger partial charge in [-0.2, -0.15) is 0 Å². The van der Waals surface area contributed by atoms with Crippen molar-refractivity contribution in [1.82, 2.24) is 0 Å². The van der Waals surface area contributed by atoms with Crippen LogP contribution in [0.25, 0.3) is 21.5 Å². The minimum atomic E-state index is -0.696. The summed E-state index contributed by atoms with van der Waals surface area (Å²) in [6, 6.07) is 16.4. The number of carbonyl (C=O) groups is 2. The summed E-state index contributed by atoms with van der Waals surface area (Å²) in [6.07, 6.45) is 1.21. The molecule has 6 nitrogen and oxygen atoms in total. The van der Waals surface area contributed by atoms with Gasteiger partial charge in [0.15, 0.2) is 24.1 Å². The van der Waals surface area contributed by atoms with Crippen molar-refractivity contribution in [2.45, 2.75) is 0 Å². The van der Waals surface area contributed by atoms with Crippen molar-refractivity contribution in [3.63, 3.8) is 0 Å². The summed E-state index contributed by atoms with van der Waals surface area (Å²) in [5.74, 6) is 0.861. The van der Waals surface area contributed by atoms with Gasteiger partial charge in [0.2, 0.25) is 0 Å². The van der Waals surface area contributed by atoms with Crippen molar-refractivity contribution in [3.05, 3.63) is 71.5 Å². The monoisotopic (exact) mass is 450 g/mol. The quantitative estimate of drug-likeness (QED) is 0.363. The van der Waals surface area contributed by atoms with E-state index >= 15 is 0 Å².